The van der Waals surface area contributed by atoms with Crippen LogP contribution < -0.4 is 14.2 Å². The maximum absolute atomic E-state index is 12.5. The van der Waals surface area contributed by atoms with Crippen LogP contribution >= 0.6 is 11.3 Å². The van der Waals surface area contributed by atoms with Crippen LogP contribution in [0.4, 0.5) is 5.13 Å². The lowest BCUT2D eigenvalue weighted by Crippen LogP contribution is -2.12. The number of thiazole rings is 1. The number of fused-ring (bicyclic) bond motifs is 2. The van der Waals surface area contributed by atoms with Crippen LogP contribution in [0.25, 0.3) is 10.2 Å². The number of benzene rings is 2. The highest BCUT2D eigenvalue weighted by Crippen LogP contribution is 2.35. The van der Waals surface area contributed by atoms with E-state index in [4.69, 9.17) is 9.47 Å². The molecule has 118 valence electrons. The Labute approximate surface area is 136 Å². The summed E-state index contributed by atoms with van der Waals surface area (Å²) in [6.45, 7) is 2.08. The minimum absolute atomic E-state index is 0.101. The van der Waals surface area contributed by atoms with Crippen LogP contribution in [0.1, 0.15) is 5.56 Å². The first kappa shape index (κ1) is 14.3. The van der Waals surface area contributed by atoms with Crippen LogP contribution in [-0.2, 0) is 10.0 Å². The number of aryl methyl sites for hydroxylation is 1. The molecule has 6 nitrogen and oxygen atoms in total. The van der Waals surface area contributed by atoms with Gasteiger partial charge in [-0.1, -0.05) is 17.4 Å². The third-order valence-electron chi connectivity index (χ3n) is 3.42. The fourth-order valence-corrected chi connectivity index (χ4v) is 4.51. The van der Waals surface area contributed by atoms with Gasteiger partial charge in [0.05, 0.1) is 15.1 Å². The van der Waals surface area contributed by atoms with E-state index in [1.807, 2.05) is 25.1 Å². The lowest BCUT2D eigenvalue weighted by molar-refractivity contribution is 0.174. The summed E-state index contributed by atoms with van der Waals surface area (Å²) in [5, 5.41) is 0.336. The smallest absolute Gasteiger partial charge is 0.263 e. The lowest BCUT2D eigenvalue weighted by Gasteiger charge is -2.05. The van der Waals surface area contributed by atoms with E-state index in [1.54, 1.807) is 6.07 Å². The molecule has 0 bridgehead atoms. The number of hydrogen-bond acceptors (Lipinski definition) is 6. The van der Waals surface area contributed by atoms with Crippen molar-refractivity contribution in [1.29, 1.82) is 0 Å². The van der Waals surface area contributed by atoms with Gasteiger partial charge in [0, 0.05) is 6.07 Å². The molecular formula is C15H12N2O4S2. The predicted octanol–water partition coefficient (Wildman–Crippen LogP) is 3.13. The fraction of sp³-hybridized carbons (Fsp3) is 0.133. The third-order valence-corrected chi connectivity index (χ3v) is 5.82. The van der Waals surface area contributed by atoms with Crippen molar-refractivity contribution in [2.45, 2.75) is 11.8 Å². The third kappa shape index (κ3) is 2.60. The molecular weight excluding hydrogens is 336 g/mol. The molecule has 0 unspecified atom stereocenters. The largest absolute Gasteiger partial charge is 0.454 e. The van der Waals surface area contributed by atoms with Crippen LogP contribution in [0, 0.1) is 6.92 Å². The number of sulfonamides is 1. The van der Waals surface area contributed by atoms with Gasteiger partial charge in [-0.25, -0.2) is 13.4 Å². The highest BCUT2D eigenvalue weighted by molar-refractivity contribution is 7.93. The van der Waals surface area contributed by atoms with Crippen molar-refractivity contribution in [2.24, 2.45) is 0 Å². The van der Waals surface area contributed by atoms with Crippen LogP contribution in [0.3, 0.4) is 0 Å². The van der Waals surface area contributed by atoms with Gasteiger partial charge < -0.3 is 9.47 Å². The molecule has 0 spiro atoms. The molecule has 0 amide bonds. The number of rotatable bonds is 3. The molecule has 0 saturated heterocycles. The molecule has 0 fully saturated rings. The van der Waals surface area contributed by atoms with Crippen molar-refractivity contribution in [2.75, 3.05) is 11.5 Å². The maximum Gasteiger partial charge on any atom is 0.263 e. The summed E-state index contributed by atoms with van der Waals surface area (Å²) in [5.74, 6) is 0.965. The van der Waals surface area contributed by atoms with Crippen LogP contribution in [0.5, 0.6) is 11.5 Å². The molecule has 1 aliphatic heterocycles. The first-order chi connectivity index (χ1) is 11.0. The molecule has 0 saturated carbocycles. The number of hydrogen-bond donors (Lipinski definition) is 1. The SMILES string of the molecule is Cc1ccc2nc(NS(=O)(=O)c3ccc4c(c3)OCO4)sc2c1. The quantitative estimate of drug-likeness (QED) is 0.787. The molecule has 2 heterocycles. The number of nitrogens with one attached hydrogen (secondary N) is 1. The summed E-state index contributed by atoms with van der Waals surface area (Å²) >= 11 is 1.30. The van der Waals surface area contributed by atoms with E-state index in [9.17, 15) is 8.42 Å². The first-order valence-corrected chi connectivity index (χ1v) is 9.11. The Morgan fingerprint density at radius 3 is 2.83 bits per heavy atom. The topological polar surface area (TPSA) is 77.5 Å². The summed E-state index contributed by atoms with van der Waals surface area (Å²) in [6.07, 6.45) is 0. The highest BCUT2D eigenvalue weighted by Gasteiger charge is 2.21. The molecule has 0 aliphatic carbocycles. The molecule has 2 aromatic carbocycles. The van der Waals surface area contributed by atoms with Gasteiger partial charge in [0.1, 0.15) is 0 Å². The molecule has 1 aromatic heterocycles. The second kappa shape index (κ2) is 5.10. The second-order valence-electron chi connectivity index (χ2n) is 5.11. The van der Waals surface area contributed by atoms with Gasteiger partial charge in [0.25, 0.3) is 10.0 Å². The van der Waals surface area contributed by atoms with Crippen molar-refractivity contribution in [3.63, 3.8) is 0 Å². The molecule has 0 atom stereocenters. The second-order valence-corrected chi connectivity index (χ2v) is 7.82. The number of anilines is 1. The van der Waals surface area contributed by atoms with Crippen molar-refractivity contribution in [1.82, 2.24) is 4.98 Å². The Balaban J connectivity index is 1.68. The van der Waals surface area contributed by atoms with E-state index in [0.29, 0.717) is 16.6 Å². The average Bonchev–Trinajstić information content (AvgIpc) is 3.11. The highest BCUT2D eigenvalue weighted by atomic mass is 32.2. The van der Waals surface area contributed by atoms with Crippen molar-refractivity contribution in [3.05, 3.63) is 42.0 Å². The lowest BCUT2D eigenvalue weighted by atomic mass is 10.2. The molecule has 0 radical (unpaired) electrons. The summed E-state index contributed by atoms with van der Waals surface area (Å²) < 4.78 is 38.9. The minimum atomic E-state index is -3.73. The summed E-state index contributed by atoms with van der Waals surface area (Å²) in [7, 11) is -3.73. The van der Waals surface area contributed by atoms with Crippen molar-refractivity contribution >= 4 is 36.7 Å². The van der Waals surface area contributed by atoms with Crippen LogP contribution in [-0.4, -0.2) is 20.2 Å². The Morgan fingerprint density at radius 1 is 1.13 bits per heavy atom. The predicted molar refractivity (Wildman–Crippen MR) is 87.7 cm³/mol. The molecule has 4 rings (SSSR count). The Morgan fingerprint density at radius 2 is 1.96 bits per heavy atom. The monoisotopic (exact) mass is 348 g/mol. The molecule has 8 heteroatoms. The van der Waals surface area contributed by atoms with Crippen LogP contribution in [0.2, 0.25) is 0 Å². The summed E-state index contributed by atoms with van der Waals surface area (Å²) in [4.78, 5) is 4.42. The molecule has 23 heavy (non-hydrogen) atoms. The summed E-state index contributed by atoms with van der Waals surface area (Å²) in [5.41, 5.74) is 1.87. The number of aromatic nitrogens is 1. The standard InChI is InChI=1S/C15H12N2O4S2/c1-9-2-4-11-14(6-9)22-15(16-11)17-23(18,19)10-3-5-12-13(7-10)21-8-20-12/h2-7H,8H2,1H3,(H,16,17). The zero-order valence-electron chi connectivity index (χ0n) is 12.1. The minimum Gasteiger partial charge on any atom is -0.454 e. The fourth-order valence-electron chi connectivity index (χ4n) is 2.29. The van der Waals surface area contributed by atoms with Gasteiger partial charge in [0.2, 0.25) is 6.79 Å². The first-order valence-electron chi connectivity index (χ1n) is 6.81. The van der Waals surface area contributed by atoms with Gasteiger partial charge in [0.15, 0.2) is 16.6 Å². The molecule has 1 N–H and O–H groups in total. The van der Waals surface area contributed by atoms with E-state index in [-0.39, 0.29) is 11.7 Å². The zero-order valence-corrected chi connectivity index (χ0v) is 13.7. The van der Waals surface area contributed by atoms with Crippen molar-refractivity contribution < 1.29 is 17.9 Å². The number of nitrogens with zero attached hydrogens (tertiary/aromatic N) is 1. The van der Waals surface area contributed by atoms with Gasteiger partial charge in [-0.2, -0.15) is 0 Å². The van der Waals surface area contributed by atoms with E-state index in [0.717, 1.165) is 15.8 Å². The Bertz CT molecular complexity index is 1010. The normalized spacial score (nSPS) is 13.4. The van der Waals surface area contributed by atoms with E-state index in [2.05, 4.69) is 9.71 Å². The summed E-state index contributed by atoms with van der Waals surface area (Å²) in [6, 6.07) is 10.3. The zero-order chi connectivity index (χ0) is 16.0. The maximum atomic E-state index is 12.5. The van der Waals surface area contributed by atoms with Gasteiger partial charge >= 0.3 is 0 Å². The molecule has 3 aromatic rings. The van der Waals surface area contributed by atoms with Gasteiger partial charge in [-0.3, -0.25) is 4.72 Å². The van der Waals surface area contributed by atoms with E-state index < -0.39 is 10.0 Å². The average molecular weight is 348 g/mol. The Kier molecular flexibility index (Phi) is 3.17. The van der Waals surface area contributed by atoms with Crippen LogP contribution in [0.15, 0.2) is 41.3 Å². The number of ether oxygens (including phenoxy) is 2. The van der Waals surface area contributed by atoms with Gasteiger partial charge in [-0.15, -0.1) is 0 Å². The van der Waals surface area contributed by atoms with Gasteiger partial charge in [-0.05, 0) is 36.8 Å². The van der Waals surface area contributed by atoms with E-state index >= 15 is 0 Å². The van der Waals surface area contributed by atoms with E-state index in [1.165, 1.54) is 23.5 Å². The van der Waals surface area contributed by atoms with Crippen molar-refractivity contribution in [3.8, 4) is 11.5 Å². The Hall–Kier alpha value is -2.32. The molecule has 1 aliphatic rings.